The quantitative estimate of drug-likeness (QED) is 0.230. The fourth-order valence-corrected chi connectivity index (χ4v) is 5.30. The van der Waals surface area contributed by atoms with E-state index in [-0.39, 0.29) is 11.3 Å². The highest BCUT2D eigenvalue weighted by atomic mass is 16.5. The molecule has 0 bridgehead atoms. The number of rotatable bonds is 7. The summed E-state index contributed by atoms with van der Waals surface area (Å²) in [5.41, 5.74) is 3.68. The number of ketones is 1. The number of pyridine rings is 1. The number of aliphatic hydroxyl groups excluding tert-OH is 1. The number of aryl methyl sites for hydroxylation is 1. The van der Waals surface area contributed by atoms with Gasteiger partial charge in [-0.3, -0.25) is 19.5 Å². The van der Waals surface area contributed by atoms with Crippen LogP contribution in [0.15, 0.2) is 72.6 Å². The SMILES string of the molecule is Cc1cc(/C(O)=C2/C(=O)C(=O)N(c3ccc(N4CCCCC4)cc3)C2c2cccnc2)ccc1OCC(C)C. The van der Waals surface area contributed by atoms with Gasteiger partial charge in [0, 0.05) is 42.4 Å². The minimum absolute atomic E-state index is 0.0448. The maximum Gasteiger partial charge on any atom is 0.300 e. The zero-order chi connectivity index (χ0) is 27.5. The van der Waals surface area contributed by atoms with E-state index >= 15 is 0 Å². The Morgan fingerprint density at radius 3 is 2.38 bits per heavy atom. The minimum atomic E-state index is -0.809. The predicted molar refractivity (Wildman–Crippen MR) is 153 cm³/mol. The van der Waals surface area contributed by atoms with Crippen LogP contribution in [-0.4, -0.2) is 41.5 Å². The summed E-state index contributed by atoms with van der Waals surface area (Å²) in [4.78, 5) is 35.0. The van der Waals surface area contributed by atoms with E-state index in [1.807, 2.05) is 37.3 Å². The van der Waals surface area contributed by atoms with Crippen molar-refractivity contribution in [2.75, 3.05) is 29.5 Å². The number of hydrogen-bond acceptors (Lipinski definition) is 6. The van der Waals surface area contributed by atoms with Crippen LogP contribution >= 0.6 is 0 Å². The molecule has 3 aromatic rings. The number of carbonyl (C=O) groups is 2. The monoisotopic (exact) mass is 525 g/mol. The van der Waals surface area contributed by atoms with Gasteiger partial charge in [0.25, 0.3) is 11.7 Å². The Morgan fingerprint density at radius 1 is 1.03 bits per heavy atom. The smallest absolute Gasteiger partial charge is 0.300 e. The van der Waals surface area contributed by atoms with Crippen molar-refractivity contribution in [1.29, 1.82) is 0 Å². The van der Waals surface area contributed by atoms with Gasteiger partial charge in [-0.2, -0.15) is 0 Å². The molecule has 1 amide bonds. The zero-order valence-corrected chi connectivity index (χ0v) is 22.8. The van der Waals surface area contributed by atoms with Crippen LogP contribution in [-0.2, 0) is 9.59 Å². The Morgan fingerprint density at radius 2 is 1.74 bits per heavy atom. The van der Waals surface area contributed by atoms with Crippen LogP contribution in [0, 0.1) is 12.8 Å². The van der Waals surface area contributed by atoms with E-state index in [0.717, 1.165) is 30.1 Å². The zero-order valence-electron chi connectivity index (χ0n) is 22.8. The highest BCUT2D eigenvalue weighted by Crippen LogP contribution is 2.42. The Hall–Kier alpha value is -4.13. The number of aliphatic hydroxyl groups is 1. The number of benzene rings is 2. The molecule has 0 saturated carbocycles. The lowest BCUT2D eigenvalue weighted by Gasteiger charge is -2.30. The molecule has 5 rings (SSSR count). The van der Waals surface area contributed by atoms with Crippen LogP contribution in [0.25, 0.3) is 5.76 Å². The van der Waals surface area contributed by atoms with Crippen molar-refractivity contribution in [3.63, 3.8) is 0 Å². The van der Waals surface area contributed by atoms with Crippen molar-refractivity contribution >= 4 is 28.8 Å². The molecule has 3 heterocycles. The number of aromatic nitrogens is 1. The van der Waals surface area contributed by atoms with Gasteiger partial charge in [-0.05, 0) is 91.8 Å². The van der Waals surface area contributed by atoms with Crippen molar-refractivity contribution in [3.05, 3.63) is 89.3 Å². The molecule has 2 saturated heterocycles. The van der Waals surface area contributed by atoms with Gasteiger partial charge in [0.05, 0.1) is 18.2 Å². The second kappa shape index (κ2) is 11.3. The molecule has 7 heteroatoms. The van der Waals surface area contributed by atoms with E-state index in [9.17, 15) is 14.7 Å². The van der Waals surface area contributed by atoms with E-state index in [1.54, 1.807) is 36.7 Å². The predicted octanol–water partition coefficient (Wildman–Crippen LogP) is 6.04. The number of Topliss-reactive ketones (excluding diaryl/α,β-unsaturated/α-hetero) is 1. The molecule has 0 aliphatic carbocycles. The summed E-state index contributed by atoms with van der Waals surface area (Å²) in [7, 11) is 0. The van der Waals surface area contributed by atoms with E-state index in [0.29, 0.717) is 29.3 Å². The summed E-state index contributed by atoms with van der Waals surface area (Å²) in [6.45, 7) is 8.66. The molecule has 1 unspecified atom stereocenters. The summed E-state index contributed by atoms with van der Waals surface area (Å²) in [5, 5.41) is 11.5. The number of anilines is 2. The number of nitrogens with zero attached hydrogens (tertiary/aromatic N) is 3. The molecule has 0 radical (unpaired) electrons. The molecule has 2 aliphatic heterocycles. The Labute approximate surface area is 229 Å². The maximum atomic E-state index is 13.5. The minimum Gasteiger partial charge on any atom is -0.507 e. The Balaban J connectivity index is 1.54. The number of carbonyl (C=O) groups excluding carboxylic acids is 2. The van der Waals surface area contributed by atoms with Gasteiger partial charge in [-0.25, -0.2) is 0 Å². The topological polar surface area (TPSA) is 83.0 Å². The first kappa shape index (κ1) is 26.5. The summed E-state index contributed by atoms with van der Waals surface area (Å²) in [6, 6.07) is 15.8. The fraction of sp³-hybridized carbons (Fsp3) is 0.344. The molecule has 2 fully saturated rings. The van der Waals surface area contributed by atoms with Crippen LogP contribution in [0.5, 0.6) is 5.75 Å². The molecular formula is C32H35N3O4. The molecule has 1 atom stereocenters. The maximum absolute atomic E-state index is 13.5. The first-order valence-corrected chi connectivity index (χ1v) is 13.6. The standard InChI is InChI=1S/C32H35N3O4/c1-21(2)20-39-27-14-9-23(18-22(27)3)30(36)28-29(24-8-7-15-33-19-24)35(32(38)31(28)37)26-12-10-25(11-13-26)34-16-5-4-6-17-34/h7-15,18-19,21,29,36H,4-6,16-17,20H2,1-3H3/b30-28-. The summed E-state index contributed by atoms with van der Waals surface area (Å²) in [6.07, 6.45) is 6.86. The Kier molecular flexibility index (Phi) is 7.68. The molecule has 2 aliphatic rings. The highest BCUT2D eigenvalue weighted by molar-refractivity contribution is 6.51. The van der Waals surface area contributed by atoms with Gasteiger partial charge in [0.1, 0.15) is 11.5 Å². The second-order valence-electron chi connectivity index (χ2n) is 10.7. The lowest BCUT2D eigenvalue weighted by atomic mass is 9.95. The van der Waals surface area contributed by atoms with Gasteiger partial charge in [-0.1, -0.05) is 19.9 Å². The van der Waals surface area contributed by atoms with Crippen molar-refractivity contribution < 1.29 is 19.4 Å². The van der Waals surface area contributed by atoms with Crippen LogP contribution in [0.1, 0.15) is 55.8 Å². The third-order valence-electron chi connectivity index (χ3n) is 7.31. The highest BCUT2D eigenvalue weighted by Gasteiger charge is 2.47. The molecule has 1 aromatic heterocycles. The lowest BCUT2D eigenvalue weighted by molar-refractivity contribution is -0.132. The molecule has 0 spiro atoms. The van der Waals surface area contributed by atoms with E-state index in [4.69, 9.17) is 4.74 Å². The second-order valence-corrected chi connectivity index (χ2v) is 10.7. The van der Waals surface area contributed by atoms with Crippen molar-refractivity contribution in [2.45, 2.75) is 46.1 Å². The van der Waals surface area contributed by atoms with Crippen molar-refractivity contribution in [2.24, 2.45) is 5.92 Å². The van der Waals surface area contributed by atoms with Crippen LogP contribution in [0.3, 0.4) is 0 Å². The van der Waals surface area contributed by atoms with Crippen molar-refractivity contribution in [1.82, 2.24) is 4.98 Å². The normalized spacial score (nSPS) is 19.1. The van der Waals surface area contributed by atoms with Crippen molar-refractivity contribution in [3.8, 4) is 5.75 Å². The molecule has 7 nitrogen and oxygen atoms in total. The molecule has 1 N–H and O–H groups in total. The molecule has 39 heavy (non-hydrogen) atoms. The van der Waals surface area contributed by atoms with Crippen LogP contribution in [0.2, 0.25) is 0 Å². The summed E-state index contributed by atoms with van der Waals surface area (Å²) < 4.78 is 5.88. The first-order valence-electron chi connectivity index (χ1n) is 13.6. The summed E-state index contributed by atoms with van der Waals surface area (Å²) in [5.74, 6) is -0.516. The number of piperidine rings is 1. The van der Waals surface area contributed by atoms with Gasteiger partial charge in [0.15, 0.2) is 0 Å². The van der Waals surface area contributed by atoms with Gasteiger partial charge in [-0.15, -0.1) is 0 Å². The van der Waals surface area contributed by atoms with Gasteiger partial charge >= 0.3 is 0 Å². The van der Waals surface area contributed by atoms with Crippen LogP contribution < -0.4 is 14.5 Å². The molecule has 2 aromatic carbocycles. The third kappa shape index (κ3) is 5.39. The number of ether oxygens (including phenoxy) is 1. The summed E-state index contributed by atoms with van der Waals surface area (Å²) >= 11 is 0. The van der Waals surface area contributed by atoms with E-state index < -0.39 is 17.7 Å². The van der Waals surface area contributed by atoms with Crippen LogP contribution in [0.4, 0.5) is 11.4 Å². The molecule has 202 valence electrons. The lowest BCUT2D eigenvalue weighted by Crippen LogP contribution is -2.30. The first-order chi connectivity index (χ1) is 18.8. The average Bonchev–Trinajstić information content (AvgIpc) is 3.23. The third-order valence-corrected chi connectivity index (χ3v) is 7.31. The number of amides is 1. The van der Waals surface area contributed by atoms with Gasteiger partial charge < -0.3 is 14.7 Å². The fourth-order valence-electron chi connectivity index (χ4n) is 5.30. The van der Waals surface area contributed by atoms with E-state index in [2.05, 4.69) is 23.7 Å². The van der Waals surface area contributed by atoms with Gasteiger partial charge in [0.2, 0.25) is 0 Å². The average molecular weight is 526 g/mol. The largest absolute Gasteiger partial charge is 0.507 e. The Bertz CT molecular complexity index is 1380. The van der Waals surface area contributed by atoms with E-state index in [1.165, 1.54) is 24.2 Å². The molecular weight excluding hydrogens is 490 g/mol. The number of hydrogen-bond donors (Lipinski definition) is 1.